The predicted octanol–water partition coefficient (Wildman–Crippen LogP) is 6.40. The molecule has 2 aliphatic rings. The molecule has 0 radical (unpaired) electrons. The summed E-state index contributed by atoms with van der Waals surface area (Å²) in [6.45, 7) is 11.8. The van der Waals surface area contributed by atoms with Gasteiger partial charge in [-0.25, -0.2) is 4.79 Å². The molecule has 0 unspecified atom stereocenters. The molecule has 1 heterocycles. The van der Waals surface area contributed by atoms with E-state index in [1.54, 1.807) is 20.8 Å². The number of anilines is 1. The van der Waals surface area contributed by atoms with E-state index in [9.17, 15) is 22.8 Å². The first-order chi connectivity index (χ1) is 20.7. The summed E-state index contributed by atoms with van der Waals surface area (Å²) in [6, 6.07) is 10.7. The number of alkyl halides is 3. The number of carbonyl (C=O) groups excluding carboxylic acids is 2. The predicted molar refractivity (Wildman–Crippen MR) is 163 cm³/mol. The second-order valence-corrected chi connectivity index (χ2v) is 12.9. The standard InChI is InChI=1S/C33H45F3N4O4/c1-23(2)40(31(42)44-32(3,4)5)16-15-39(21-25-9-6-7-10-27(25)33(34,35)36)30(41)19-37-28-11-8-12-29-26(28)22-38(17-18-43-29)20-24-13-14-24/h6-12,23-24,37H,13-22H2,1-5H3. The van der Waals surface area contributed by atoms with Crippen molar-refractivity contribution in [2.24, 2.45) is 5.92 Å². The highest BCUT2D eigenvalue weighted by atomic mass is 19.4. The van der Waals surface area contributed by atoms with Gasteiger partial charge in [-0.1, -0.05) is 24.3 Å². The first-order valence-corrected chi connectivity index (χ1v) is 15.3. The van der Waals surface area contributed by atoms with Crippen molar-refractivity contribution in [3.63, 3.8) is 0 Å². The first kappa shape index (κ1) is 33.4. The number of fused-ring (bicyclic) bond motifs is 1. The molecule has 0 bridgehead atoms. The van der Waals surface area contributed by atoms with Crippen molar-refractivity contribution < 1.29 is 32.2 Å². The van der Waals surface area contributed by atoms with Gasteiger partial charge in [0.1, 0.15) is 18.0 Å². The van der Waals surface area contributed by atoms with Crippen LogP contribution in [0.2, 0.25) is 0 Å². The maximum absolute atomic E-state index is 13.9. The molecule has 242 valence electrons. The highest BCUT2D eigenvalue weighted by Gasteiger charge is 2.34. The Hall–Kier alpha value is -3.47. The Morgan fingerprint density at radius 1 is 1.07 bits per heavy atom. The van der Waals surface area contributed by atoms with E-state index < -0.39 is 29.3 Å². The minimum Gasteiger partial charge on any atom is -0.492 e. The molecule has 44 heavy (non-hydrogen) atoms. The van der Waals surface area contributed by atoms with Crippen LogP contribution in [0, 0.1) is 5.92 Å². The van der Waals surface area contributed by atoms with Crippen LogP contribution in [-0.4, -0.2) is 77.7 Å². The molecule has 0 saturated heterocycles. The Bertz CT molecular complexity index is 1290. The van der Waals surface area contributed by atoms with Gasteiger partial charge in [-0.3, -0.25) is 9.69 Å². The average molecular weight is 619 g/mol. The zero-order valence-corrected chi connectivity index (χ0v) is 26.4. The number of benzene rings is 2. The van der Waals surface area contributed by atoms with Crippen molar-refractivity contribution in [1.29, 1.82) is 0 Å². The van der Waals surface area contributed by atoms with Crippen LogP contribution in [0.25, 0.3) is 0 Å². The van der Waals surface area contributed by atoms with Crippen LogP contribution in [0.5, 0.6) is 5.75 Å². The lowest BCUT2D eigenvalue weighted by Gasteiger charge is -2.32. The number of hydrogen-bond donors (Lipinski definition) is 1. The molecule has 4 rings (SSSR count). The molecule has 0 spiro atoms. The number of nitrogens with one attached hydrogen (secondary N) is 1. The van der Waals surface area contributed by atoms with Crippen LogP contribution in [-0.2, 0) is 28.8 Å². The SMILES string of the molecule is CC(C)N(CCN(Cc1ccccc1C(F)(F)F)C(=O)CNc1cccc2c1CN(CC1CC1)CCO2)C(=O)OC(C)(C)C. The van der Waals surface area contributed by atoms with Crippen LogP contribution in [0.1, 0.15) is 64.2 Å². The molecule has 2 aromatic rings. The third kappa shape index (κ3) is 9.51. The normalized spacial score (nSPS) is 15.7. The number of nitrogens with zero attached hydrogens (tertiary/aromatic N) is 3. The maximum atomic E-state index is 13.9. The van der Waals surface area contributed by atoms with Crippen LogP contribution in [0.4, 0.5) is 23.7 Å². The van der Waals surface area contributed by atoms with Gasteiger partial charge in [0, 0.05) is 56.6 Å². The van der Waals surface area contributed by atoms with Gasteiger partial charge >= 0.3 is 12.3 Å². The summed E-state index contributed by atoms with van der Waals surface area (Å²) in [7, 11) is 0. The number of rotatable bonds is 11. The van der Waals surface area contributed by atoms with Crippen molar-refractivity contribution in [3.8, 4) is 5.75 Å². The van der Waals surface area contributed by atoms with Crippen LogP contribution >= 0.6 is 0 Å². The van der Waals surface area contributed by atoms with Gasteiger partial charge in [0.15, 0.2) is 0 Å². The van der Waals surface area contributed by atoms with Gasteiger partial charge < -0.3 is 24.6 Å². The van der Waals surface area contributed by atoms with Crippen molar-refractivity contribution >= 4 is 17.7 Å². The Labute approximate surface area is 258 Å². The molecular formula is C33H45F3N4O4. The zero-order chi connectivity index (χ0) is 32.1. The highest BCUT2D eigenvalue weighted by molar-refractivity contribution is 5.81. The fourth-order valence-electron chi connectivity index (χ4n) is 5.26. The second kappa shape index (κ2) is 14.1. The van der Waals surface area contributed by atoms with E-state index >= 15 is 0 Å². The molecule has 0 atom stereocenters. The molecule has 8 nitrogen and oxygen atoms in total. The zero-order valence-electron chi connectivity index (χ0n) is 26.4. The van der Waals surface area contributed by atoms with Crippen molar-refractivity contribution in [3.05, 3.63) is 59.2 Å². The summed E-state index contributed by atoms with van der Waals surface area (Å²) < 4.78 is 53.1. The van der Waals surface area contributed by atoms with Gasteiger partial charge in [0.2, 0.25) is 5.91 Å². The lowest BCUT2D eigenvalue weighted by molar-refractivity contribution is -0.139. The summed E-state index contributed by atoms with van der Waals surface area (Å²) >= 11 is 0. The van der Waals surface area contributed by atoms with Gasteiger partial charge in [-0.05, 0) is 77.1 Å². The Morgan fingerprint density at radius 2 is 1.80 bits per heavy atom. The smallest absolute Gasteiger partial charge is 0.416 e. The molecule has 1 N–H and O–H groups in total. The van der Waals surface area contributed by atoms with Crippen LogP contribution in [0.15, 0.2) is 42.5 Å². The molecule has 2 aromatic carbocycles. The molecule has 2 amide bonds. The largest absolute Gasteiger partial charge is 0.492 e. The summed E-state index contributed by atoms with van der Waals surface area (Å²) in [5.74, 6) is 1.09. The monoisotopic (exact) mass is 618 g/mol. The van der Waals surface area contributed by atoms with Crippen molar-refractivity contribution in [1.82, 2.24) is 14.7 Å². The molecule has 1 aliphatic carbocycles. The Kier molecular flexibility index (Phi) is 10.7. The van der Waals surface area contributed by atoms with E-state index in [4.69, 9.17) is 9.47 Å². The minimum atomic E-state index is -4.57. The Balaban J connectivity index is 1.53. The van der Waals surface area contributed by atoms with Crippen LogP contribution in [0.3, 0.4) is 0 Å². The average Bonchev–Trinajstić information content (AvgIpc) is 3.76. The minimum absolute atomic E-state index is 0.0144. The van der Waals surface area contributed by atoms with E-state index in [2.05, 4.69) is 10.2 Å². The fraction of sp³-hybridized carbons (Fsp3) is 0.576. The number of carbonyl (C=O) groups is 2. The summed E-state index contributed by atoms with van der Waals surface area (Å²) in [6.07, 6.45) is -2.63. The van der Waals surface area contributed by atoms with Crippen LogP contribution < -0.4 is 10.1 Å². The lowest BCUT2D eigenvalue weighted by atomic mass is 10.1. The highest BCUT2D eigenvalue weighted by Crippen LogP contribution is 2.35. The third-order valence-electron chi connectivity index (χ3n) is 7.72. The van der Waals surface area contributed by atoms with E-state index in [0.29, 0.717) is 13.2 Å². The Morgan fingerprint density at radius 3 is 2.45 bits per heavy atom. The molecular weight excluding hydrogens is 573 g/mol. The maximum Gasteiger partial charge on any atom is 0.416 e. The van der Waals surface area contributed by atoms with E-state index in [-0.39, 0.29) is 37.8 Å². The van der Waals surface area contributed by atoms with Gasteiger partial charge in [0.05, 0.1) is 12.1 Å². The first-order valence-electron chi connectivity index (χ1n) is 15.3. The second-order valence-electron chi connectivity index (χ2n) is 12.9. The topological polar surface area (TPSA) is 74.4 Å². The van der Waals surface area contributed by atoms with E-state index in [1.165, 1.54) is 40.8 Å². The summed E-state index contributed by atoms with van der Waals surface area (Å²) in [5, 5.41) is 3.24. The van der Waals surface area contributed by atoms with Gasteiger partial charge in [-0.15, -0.1) is 0 Å². The van der Waals surface area contributed by atoms with Gasteiger partial charge in [0.25, 0.3) is 0 Å². The lowest BCUT2D eigenvalue weighted by Crippen LogP contribution is -2.46. The third-order valence-corrected chi connectivity index (χ3v) is 7.72. The van der Waals surface area contributed by atoms with E-state index in [1.807, 2.05) is 32.0 Å². The van der Waals surface area contributed by atoms with Crippen molar-refractivity contribution in [2.75, 3.05) is 44.6 Å². The molecule has 1 fully saturated rings. The summed E-state index contributed by atoms with van der Waals surface area (Å²) in [4.78, 5) is 31.9. The van der Waals surface area contributed by atoms with E-state index in [0.717, 1.165) is 42.1 Å². The quantitative estimate of drug-likeness (QED) is 0.315. The molecule has 1 aliphatic heterocycles. The number of hydrogen-bond acceptors (Lipinski definition) is 6. The fourth-order valence-corrected chi connectivity index (χ4v) is 5.26. The number of amides is 2. The van der Waals surface area contributed by atoms with Crippen molar-refractivity contribution in [2.45, 2.75) is 78.4 Å². The molecule has 11 heteroatoms. The van der Waals surface area contributed by atoms with Gasteiger partial charge in [-0.2, -0.15) is 13.2 Å². The summed E-state index contributed by atoms with van der Waals surface area (Å²) in [5.41, 5.74) is 0.190. The number of ether oxygens (including phenoxy) is 2. The molecule has 0 aromatic heterocycles. The molecule has 1 saturated carbocycles. The number of halogens is 3.